The number of carbonyl (C=O) groups is 1. The SMILES string of the molecule is Cc1ccc(-c2cc(C(=O)N(Cc3ccccc3Cl)[C@H]3CCS(=O)(=O)C3)no2)cc1. The normalized spacial score (nSPS) is 17.7. The third-order valence-corrected chi connectivity index (χ3v) is 7.39. The summed E-state index contributed by atoms with van der Waals surface area (Å²) < 4.78 is 29.5. The van der Waals surface area contributed by atoms with E-state index in [1.54, 1.807) is 17.0 Å². The van der Waals surface area contributed by atoms with Gasteiger partial charge in [0.2, 0.25) is 0 Å². The molecule has 0 saturated carbocycles. The van der Waals surface area contributed by atoms with Gasteiger partial charge in [-0.25, -0.2) is 8.42 Å². The molecule has 4 rings (SSSR count). The van der Waals surface area contributed by atoms with E-state index in [0.717, 1.165) is 16.7 Å². The maximum absolute atomic E-state index is 13.3. The molecule has 1 atom stereocenters. The monoisotopic (exact) mass is 444 g/mol. The minimum absolute atomic E-state index is 0.0636. The van der Waals surface area contributed by atoms with Crippen molar-refractivity contribution >= 4 is 27.3 Å². The summed E-state index contributed by atoms with van der Waals surface area (Å²) in [5.41, 5.74) is 2.82. The van der Waals surface area contributed by atoms with Gasteiger partial charge >= 0.3 is 0 Å². The topological polar surface area (TPSA) is 80.5 Å². The van der Waals surface area contributed by atoms with E-state index in [9.17, 15) is 13.2 Å². The quantitative estimate of drug-likeness (QED) is 0.591. The summed E-state index contributed by atoms with van der Waals surface area (Å²) >= 11 is 6.29. The molecule has 0 spiro atoms. The number of amides is 1. The lowest BCUT2D eigenvalue weighted by atomic mass is 10.1. The van der Waals surface area contributed by atoms with Crippen molar-refractivity contribution in [1.82, 2.24) is 10.1 Å². The van der Waals surface area contributed by atoms with Crippen LogP contribution in [-0.2, 0) is 16.4 Å². The summed E-state index contributed by atoms with van der Waals surface area (Å²) in [5.74, 6) is 0.109. The standard InChI is InChI=1S/C22H21ClN2O4S/c1-15-6-8-16(9-7-15)21-12-20(24-29-21)22(26)25(18-10-11-30(27,28)14-18)13-17-4-2-3-5-19(17)23/h2-9,12,18H,10-11,13-14H2,1H3/t18-/m0/s1. The number of carbonyl (C=O) groups excluding carboxylic acids is 1. The van der Waals surface area contributed by atoms with E-state index in [1.807, 2.05) is 49.4 Å². The minimum atomic E-state index is -3.17. The predicted octanol–water partition coefficient (Wildman–Crippen LogP) is 4.13. The first-order chi connectivity index (χ1) is 14.3. The van der Waals surface area contributed by atoms with Crippen LogP contribution >= 0.6 is 11.6 Å². The van der Waals surface area contributed by atoms with Gasteiger partial charge in [-0.05, 0) is 25.0 Å². The first-order valence-electron chi connectivity index (χ1n) is 9.61. The van der Waals surface area contributed by atoms with Gasteiger partial charge < -0.3 is 9.42 Å². The molecule has 1 fully saturated rings. The predicted molar refractivity (Wildman–Crippen MR) is 115 cm³/mol. The molecule has 156 valence electrons. The summed E-state index contributed by atoms with van der Waals surface area (Å²) in [5, 5.41) is 4.48. The van der Waals surface area contributed by atoms with Crippen molar-refractivity contribution in [2.75, 3.05) is 11.5 Å². The molecular weight excluding hydrogens is 424 g/mol. The van der Waals surface area contributed by atoms with Gasteiger partial charge in [-0.3, -0.25) is 4.79 Å². The Kier molecular flexibility index (Phi) is 5.66. The third kappa shape index (κ3) is 4.42. The molecule has 1 aliphatic heterocycles. The molecule has 0 N–H and O–H groups in total. The second kappa shape index (κ2) is 8.24. The molecule has 2 aromatic carbocycles. The van der Waals surface area contributed by atoms with Crippen LogP contribution in [-0.4, -0.2) is 41.9 Å². The van der Waals surface area contributed by atoms with E-state index in [1.165, 1.54) is 0 Å². The molecule has 0 unspecified atom stereocenters. The number of hydrogen-bond acceptors (Lipinski definition) is 5. The minimum Gasteiger partial charge on any atom is -0.355 e. The Hall–Kier alpha value is -2.64. The lowest BCUT2D eigenvalue weighted by Gasteiger charge is -2.28. The van der Waals surface area contributed by atoms with Crippen molar-refractivity contribution < 1.29 is 17.7 Å². The summed E-state index contributed by atoms with van der Waals surface area (Å²) in [6.45, 7) is 2.19. The summed E-state index contributed by atoms with van der Waals surface area (Å²) in [6, 6.07) is 16.1. The van der Waals surface area contributed by atoms with Crippen molar-refractivity contribution in [2.24, 2.45) is 0 Å². The molecule has 1 aliphatic rings. The maximum atomic E-state index is 13.3. The van der Waals surface area contributed by atoms with Crippen molar-refractivity contribution in [2.45, 2.75) is 25.9 Å². The molecule has 6 nitrogen and oxygen atoms in total. The van der Waals surface area contributed by atoms with Gasteiger partial charge in [0.15, 0.2) is 21.3 Å². The second-order valence-electron chi connectivity index (χ2n) is 7.52. The van der Waals surface area contributed by atoms with Crippen molar-refractivity contribution in [3.05, 3.63) is 76.4 Å². The van der Waals surface area contributed by atoms with Crippen LogP contribution in [0.25, 0.3) is 11.3 Å². The van der Waals surface area contributed by atoms with Crippen molar-refractivity contribution in [3.8, 4) is 11.3 Å². The van der Waals surface area contributed by atoms with Gasteiger partial charge in [-0.2, -0.15) is 0 Å². The number of aromatic nitrogens is 1. The number of sulfone groups is 1. The summed E-state index contributed by atoms with van der Waals surface area (Å²) in [4.78, 5) is 14.9. The first kappa shape index (κ1) is 20.6. The van der Waals surface area contributed by atoms with Crippen LogP contribution < -0.4 is 0 Å². The molecular formula is C22H21ClN2O4S. The van der Waals surface area contributed by atoms with Crippen LogP contribution in [0.5, 0.6) is 0 Å². The lowest BCUT2D eigenvalue weighted by Crippen LogP contribution is -2.40. The smallest absolute Gasteiger partial charge is 0.276 e. The molecule has 30 heavy (non-hydrogen) atoms. The number of hydrogen-bond donors (Lipinski definition) is 0. The largest absolute Gasteiger partial charge is 0.355 e. The van der Waals surface area contributed by atoms with Gasteiger partial charge in [0.1, 0.15) is 0 Å². The molecule has 3 aromatic rings. The van der Waals surface area contributed by atoms with Crippen molar-refractivity contribution in [3.63, 3.8) is 0 Å². The van der Waals surface area contributed by atoms with Crippen LogP contribution in [0.15, 0.2) is 59.1 Å². The van der Waals surface area contributed by atoms with Crippen molar-refractivity contribution in [1.29, 1.82) is 0 Å². The number of nitrogens with zero attached hydrogens (tertiary/aromatic N) is 2. The van der Waals surface area contributed by atoms with Gasteiger partial charge in [0.05, 0.1) is 11.5 Å². The van der Waals surface area contributed by atoms with E-state index in [4.69, 9.17) is 16.1 Å². The van der Waals surface area contributed by atoms with Crippen LogP contribution in [0.3, 0.4) is 0 Å². The highest BCUT2D eigenvalue weighted by molar-refractivity contribution is 7.91. The van der Waals surface area contributed by atoms with E-state index < -0.39 is 15.9 Å². The van der Waals surface area contributed by atoms with Gasteiger partial charge in [-0.15, -0.1) is 0 Å². The second-order valence-corrected chi connectivity index (χ2v) is 10.2. The molecule has 1 amide bonds. The van der Waals surface area contributed by atoms with Crippen LogP contribution in [0.4, 0.5) is 0 Å². The number of halogens is 1. The highest BCUT2D eigenvalue weighted by atomic mass is 35.5. The highest BCUT2D eigenvalue weighted by Gasteiger charge is 2.36. The zero-order valence-corrected chi connectivity index (χ0v) is 18.0. The zero-order valence-electron chi connectivity index (χ0n) is 16.4. The maximum Gasteiger partial charge on any atom is 0.276 e. The van der Waals surface area contributed by atoms with Crippen LogP contribution in [0.1, 0.15) is 28.0 Å². The average Bonchev–Trinajstić information content (AvgIpc) is 3.34. The Morgan fingerprint density at radius 1 is 1.20 bits per heavy atom. The Morgan fingerprint density at radius 2 is 1.93 bits per heavy atom. The summed E-state index contributed by atoms with van der Waals surface area (Å²) in [7, 11) is -3.17. The van der Waals surface area contributed by atoms with Gasteiger partial charge in [0.25, 0.3) is 5.91 Å². The fraction of sp³-hybridized carbons (Fsp3) is 0.273. The molecule has 0 bridgehead atoms. The third-order valence-electron chi connectivity index (χ3n) is 5.27. The molecule has 1 aromatic heterocycles. The lowest BCUT2D eigenvalue weighted by molar-refractivity contribution is 0.0670. The average molecular weight is 445 g/mol. The van der Waals surface area contributed by atoms with E-state index in [-0.39, 0.29) is 29.7 Å². The molecule has 8 heteroatoms. The highest BCUT2D eigenvalue weighted by Crippen LogP contribution is 2.27. The van der Waals surface area contributed by atoms with Gasteiger partial charge in [-0.1, -0.05) is 64.8 Å². The Bertz CT molecular complexity index is 1170. The van der Waals surface area contributed by atoms with E-state index >= 15 is 0 Å². The zero-order chi connectivity index (χ0) is 21.3. The Labute approximate surface area is 180 Å². The Balaban J connectivity index is 1.64. The Morgan fingerprint density at radius 3 is 2.60 bits per heavy atom. The number of benzene rings is 2. The molecule has 2 heterocycles. The fourth-order valence-corrected chi connectivity index (χ4v) is 5.50. The number of rotatable bonds is 5. The fourth-order valence-electron chi connectivity index (χ4n) is 3.58. The van der Waals surface area contributed by atoms with Crippen LogP contribution in [0, 0.1) is 6.92 Å². The first-order valence-corrected chi connectivity index (χ1v) is 11.8. The van der Waals surface area contributed by atoms with E-state index in [2.05, 4.69) is 5.16 Å². The van der Waals surface area contributed by atoms with E-state index in [0.29, 0.717) is 17.2 Å². The molecule has 1 saturated heterocycles. The van der Waals surface area contributed by atoms with Crippen LogP contribution in [0.2, 0.25) is 5.02 Å². The molecule has 0 aliphatic carbocycles. The number of aryl methyl sites for hydroxylation is 1. The summed E-state index contributed by atoms with van der Waals surface area (Å²) in [6.07, 6.45) is 0.390. The van der Waals surface area contributed by atoms with Gasteiger partial charge in [0, 0.05) is 29.2 Å². The molecule has 0 radical (unpaired) electrons.